The highest BCUT2D eigenvalue weighted by atomic mass is 32.1. The molecule has 2 rings (SSSR count). The molecule has 1 aliphatic heterocycles. The van der Waals surface area contributed by atoms with Gasteiger partial charge in [0, 0.05) is 18.1 Å². The highest BCUT2D eigenvalue weighted by Crippen LogP contribution is 2.36. The Hall–Kier alpha value is -0.850. The molecule has 0 atom stereocenters. The van der Waals surface area contributed by atoms with Crippen molar-refractivity contribution in [3.8, 4) is 6.07 Å². The van der Waals surface area contributed by atoms with Crippen LogP contribution >= 0.6 is 11.3 Å². The van der Waals surface area contributed by atoms with Crippen LogP contribution in [0, 0.1) is 11.3 Å². The summed E-state index contributed by atoms with van der Waals surface area (Å²) in [4.78, 5) is 1.19. The summed E-state index contributed by atoms with van der Waals surface area (Å²) in [7, 11) is 0. The first kappa shape index (κ1) is 8.74. The lowest BCUT2D eigenvalue weighted by atomic mass is 9.80. The van der Waals surface area contributed by atoms with Crippen LogP contribution in [0.2, 0.25) is 0 Å². The highest BCUT2D eigenvalue weighted by Gasteiger charge is 2.35. The second-order valence-electron chi connectivity index (χ2n) is 3.28. The molecule has 1 aromatic heterocycles. The van der Waals surface area contributed by atoms with Crippen LogP contribution in [0.3, 0.4) is 0 Å². The third-order valence-electron chi connectivity index (χ3n) is 2.55. The predicted octanol–water partition coefficient (Wildman–Crippen LogP) is 2.32. The molecule has 0 N–H and O–H groups in total. The number of hydrogen-bond acceptors (Lipinski definition) is 3. The normalized spacial score (nSPS) is 20.8. The van der Waals surface area contributed by atoms with E-state index in [0.717, 1.165) is 12.8 Å². The van der Waals surface area contributed by atoms with E-state index >= 15 is 0 Å². The van der Waals surface area contributed by atoms with E-state index in [9.17, 15) is 5.26 Å². The average molecular weight is 193 g/mol. The zero-order valence-corrected chi connectivity index (χ0v) is 8.14. The first-order valence-corrected chi connectivity index (χ1v) is 5.28. The Morgan fingerprint density at radius 2 is 2.23 bits per heavy atom. The number of nitriles is 1. The van der Waals surface area contributed by atoms with E-state index in [1.165, 1.54) is 4.88 Å². The fourth-order valence-corrected chi connectivity index (χ4v) is 2.62. The predicted molar refractivity (Wildman–Crippen MR) is 51.7 cm³/mol. The van der Waals surface area contributed by atoms with Crippen molar-refractivity contribution < 1.29 is 4.74 Å². The minimum absolute atomic E-state index is 0.258. The van der Waals surface area contributed by atoms with Crippen molar-refractivity contribution in [2.24, 2.45) is 0 Å². The number of thiophene rings is 1. The Labute approximate surface area is 81.8 Å². The number of nitrogens with zero attached hydrogens (tertiary/aromatic N) is 1. The lowest BCUT2D eigenvalue weighted by molar-refractivity contribution is 0.0685. The molecule has 1 saturated heterocycles. The minimum Gasteiger partial charge on any atom is -0.381 e. The topological polar surface area (TPSA) is 33.0 Å². The Balaban J connectivity index is 2.30. The molecule has 2 nitrogen and oxygen atoms in total. The molecule has 1 fully saturated rings. The van der Waals surface area contributed by atoms with Crippen molar-refractivity contribution in [3.05, 3.63) is 22.4 Å². The highest BCUT2D eigenvalue weighted by molar-refractivity contribution is 7.10. The van der Waals surface area contributed by atoms with Gasteiger partial charge < -0.3 is 4.74 Å². The van der Waals surface area contributed by atoms with Crippen molar-refractivity contribution >= 4 is 11.3 Å². The van der Waals surface area contributed by atoms with Crippen molar-refractivity contribution in [1.82, 2.24) is 0 Å². The van der Waals surface area contributed by atoms with Crippen molar-refractivity contribution in [1.29, 1.82) is 5.26 Å². The molecular formula is C10H11NOS. The molecule has 2 heterocycles. The standard InChI is InChI=1S/C10H11NOS/c11-8-10(3-5-12-6-4-10)9-2-1-7-13-9/h1-2,7H,3-6H2. The van der Waals surface area contributed by atoms with Gasteiger partial charge in [-0.3, -0.25) is 0 Å². The van der Waals surface area contributed by atoms with E-state index < -0.39 is 0 Å². The summed E-state index contributed by atoms with van der Waals surface area (Å²) in [6.45, 7) is 1.43. The van der Waals surface area contributed by atoms with Crippen LogP contribution < -0.4 is 0 Å². The number of ether oxygens (including phenoxy) is 1. The molecule has 3 heteroatoms. The van der Waals surface area contributed by atoms with E-state index in [1.54, 1.807) is 11.3 Å². The molecule has 13 heavy (non-hydrogen) atoms. The summed E-state index contributed by atoms with van der Waals surface area (Å²) in [5, 5.41) is 11.2. The number of hydrogen-bond donors (Lipinski definition) is 0. The van der Waals surface area contributed by atoms with Gasteiger partial charge in [-0.15, -0.1) is 11.3 Å². The van der Waals surface area contributed by atoms with Crippen LogP contribution in [-0.4, -0.2) is 13.2 Å². The molecule has 1 aromatic rings. The van der Waals surface area contributed by atoms with Crippen LogP contribution in [-0.2, 0) is 10.2 Å². The fraction of sp³-hybridized carbons (Fsp3) is 0.500. The van der Waals surface area contributed by atoms with Crippen LogP contribution in [0.4, 0.5) is 0 Å². The maximum absolute atomic E-state index is 9.21. The third kappa shape index (κ3) is 1.48. The van der Waals surface area contributed by atoms with Gasteiger partial charge in [0.2, 0.25) is 0 Å². The van der Waals surface area contributed by atoms with Gasteiger partial charge >= 0.3 is 0 Å². The van der Waals surface area contributed by atoms with Gasteiger partial charge in [-0.05, 0) is 24.3 Å². The Morgan fingerprint density at radius 1 is 1.46 bits per heavy atom. The van der Waals surface area contributed by atoms with Crippen LogP contribution in [0.1, 0.15) is 17.7 Å². The average Bonchev–Trinajstić information content (AvgIpc) is 2.72. The molecule has 0 bridgehead atoms. The van der Waals surface area contributed by atoms with Gasteiger partial charge in [0.25, 0.3) is 0 Å². The van der Waals surface area contributed by atoms with Gasteiger partial charge in [-0.2, -0.15) is 5.26 Å². The molecule has 0 spiro atoms. The maximum Gasteiger partial charge on any atom is 0.0958 e. The third-order valence-corrected chi connectivity index (χ3v) is 3.63. The molecule has 0 aromatic carbocycles. The molecule has 0 radical (unpaired) electrons. The van der Waals surface area contributed by atoms with Gasteiger partial charge in [-0.1, -0.05) is 6.07 Å². The van der Waals surface area contributed by atoms with E-state index in [4.69, 9.17) is 4.74 Å². The van der Waals surface area contributed by atoms with Gasteiger partial charge in [0.15, 0.2) is 0 Å². The van der Waals surface area contributed by atoms with Crippen LogP contribution in [0.25, 0.3) is 0 Å². The first-order valence-electron chi connectivity index (χ1n) is 4.40. The maximum atomic E-state index is 9.21. The lowest BCUT2D eigenvalue weighted by Gasteiger charge is -2.29. The van der Waals surface area contributed by atoms with E-state index in [2.05, 4.69) is 12.1 Å². The van der Waals surface area contributed by atoms with Gasteiger partial charge in [-0.25, -0.2) is 0 Å². The van der Waals surface area contributed by atoms with Gasteiger partial charge in [0.1, 0.15) is 0 Å². The Kier molecular flexibility index (Phi) is 2.34. The molecule has 1 aliphatic rings. The SMILES string of the molecule is N#CC1(c2cccs2)CCOCC1. The molecule has 0 saturated carbocycles. The summed E-state index contributed by atoms with van der Waals surface area (Å²) in [5.41, 5.74) is -0.258. The molecule has 0 aliphatic carbocycles. The lowest BCUT2D eigenvalue weighted by Crippen LogP contribution is -2.31. The van der Waals surface area contributed by atoms with Gasteiger partial charge in [0.05, 0.1) is 11.5 Å². The van der Waals surface area contributed by atoms with Crippen molar-refractivity contribution in [2.45, 2.75) is 18.3 Å². The van der Waals surface area contributed by atoms with Crippen LogP contribution in [0.5, 0.6) is 0 Å². The monoisotopic (exact) mass is 193 g/mol. The number of rotatable bonds is 1. The Morgan fingerprint density at radius 3 is 2.77 bits per heavy atom. The zero-order chi connectivity index (χ0) is 9.15. The second-order valence-corrected chi connectivity index (χ2v) is 4.23. The smallest absolute Gasteiger partial charge is 0.0958 e. The minimum atomic E-state index is -0.258. The quantitative estimate of drug-likeness (QED) is 0.685. The molecular weight excluding hydrogens is 182 g/mol. The Bertz CT molecular complexity index is 306. The van der Waals surface area contributed by atoms with E-state index in [0.29, 0.717) is 13.2 Å². The largest absolute Gasteiger partial charge is 0.381 e. The van der Waals surface area contributed by atoms with E-state index in [-0.39, 0.29) is 5.41 Å². The summed E-state index contributed by atoms with van der Waals surface area (Å²) >= 11 is 1.67. The molecule has 68 valence electrons. The summed E-state index contributed by atoms with van der Waals surface area (Å²) in [6, 6.07) is 6.51. The van der Waals surface area contributed by atoms with Crippen molar-refractivity contribution in [2.75, 3.05) is 13.2 Å². The summed E-state index contributed by atoms with van der Waals surface area (Å²) in [6.07, 6.45) is 1.67. The van der Waals surface area contributed by atoms with Crippen LogP contribution in [0.15, 0.2) is 17.5 Å². The first-order chi connectivity index (χ1) is 6.37. The molecule has 0 amide bonds. The second kappa shape index (κ2) is 3.49. The molecule has 0 unspecified atom stereocenters. The summed E-state index contributed by atoms with van der Waals surface area (Å²) < 4.78 is 5.28. The van der Waals surface area contributed by atoms with Crippen molar-refractivity contribution in [3.63, 3.8) is 0 Å². The fourth-order valence-electron chi connectivity index (χ4n) is 1.68. The zero-order valence-electron chi connectivity index (χ0n) is 7.32. The summed E-state index contributed by atoms with van der Waals surface area (Å²) in [5.74, 6) is 0. The van der Waals surface area contributed by atoms with E-state index in [1.807, 2.05) is 11.4 Å².